The standard InChI is InChI=1S/C23H18F2N2O6S/c1-32-21-7-6-19(11-20(21)25)34(30,31)27-13-14-2-4-18(5-3-14)33-22(23(28)29)16-8-15(12-26)9-17(24)10-16/h2-11,22,27H,13H2,1H3,(H,28,29). The van der Waals surface area contributed by atoms with E-state index in [1.807, 2.05) is 0 Å². The lowest BCUT2D eigenvalue weighted by molar-refractivity contribution is -0.145. The van der Waals surface area contributed by atoms with Crippen molar-refractivity contribution in [3.63, 3.8) is 0 Å². The molecule has 2 N–H and O–H groups in total. The molecule has 0 aliphatic rings. The van der Waals surface area contributed by atoms with Gasteiger partial charge in [-0.25, -0.2) is 26.7 Å². The maximum Gasteiger partial charge on any atom is 0.349 e. The number of rotatable bonds is 9. The molecule has 0 fully saturated rings. The van der Waals surface area contributed by atoms with Gasteiger partial charge in [-0.15, -0.1) is 0 Å². The molecule has 1 unspecified atom stereocenters. The molecule has 0 aliphatic carbocycles. The molecule has 0 saturated carbocycles. The Balaban J connectivity index is 1.71. The number of carboxylic acids is 1. The van der Waals surface area contributed by atoms with Crippen molar-refractivity contribution < 1.29 is 36.6 Å². The minimum absolute atomic E-state index is 0.0485. The van der Waals surface area contributed by atoms with Gasteiger partial charge in [-0.3, -0.25) is 0 Å². The summed E-state index contributed by atoms with van der Waals surface area (Å²) < 4.78 is 64.9. The summed E-state index contributed by atoms with van der Waals surface area (Å²) in [6, 6.07) is 14.0. The van der Waals surface area contributed by atoms with Gasteiger partial charge in [0.25, 0.3) is 0 Å². The number of hydrogen-bond acceptors (Lipinski definition) is 6. The van der Waals surface area contributed by atoms with E-state index in [2.05, 4.69) is 4.72 Å². The highest BCUT2D eigenvalue weighted by Gasteiger charge is 2.23. The number of nitriles is 1. The number of carbonyl (C=O) groups is 1. The van der Waals surface area contributed by atoms with Gasteiger partial charge in [-0.1, -0.05) is 12.1 Å². The molecule has 0 bridgehead atoms. The monoisotopic (exact) mass is 488 g/mol. The Morgan fingerprint density at radius 3 is 2.41 bits per heavy atom. The van der Waals surface area contributed by atoms with Gasteiger partial charge in [0.2, 0.25) is 16.1 Å². The van der Waals surface area contributed by atoms with Gasteiger partial charge in [0.15, 0.2) is 11.6 Å². The summed E-state index contributed by atoms with van der Waals surface area (Å²) in [5.41, 5.74) is 0.408. The van der Waals surface area contributed by atoms with Crippen molar-refractivity contribution in [2.75, 3.05) is 7.11 Å². The van der Waals surface area contributed by atoms with Crippen molar-refractivity contribution in [3.05, 3.63) is 89.0 Å². The van der Waals surface area contributed by atoms with Crippen LogP contribution in [0.25, 0.3) is 0 Å². The van der Waals surface area contributed by atoms with Crippen LogP contribution in [0, 0.1) is 23.0 Å². The number of ether oxygens (including phenoxy) is 2. The third-order valence-corrected chi connectivity index (χ3v) is 6.05. The molecule has 11 heteroatoms. The Labute approximate surface area is 194 Å². The van der Waals surface area contributed by atoms with Gasteiger partial charge in [0.1, 0.15) is 11.6 Å². The molecule has 0 aliphatic heterocycles. The molecule has 3 aromatic rings. The largest absolute Gasteiger partial charge is 0.494 e. The van der Waals surface area contributed by atoms with Gasteiger partial charge in [0.05, 0.1) is 23.6 Å². The Kier molecular flexibility index (Phi) is 7.45. The second-order valence-corrected chi connectivity index (χ2v) is 8.75. The van der Waals surface area contributed by atoms with E-state index in [0.29, 0.717) is 5.56 Å². The number of benzene rings is 3. The molecule has 34 heavy (non-hydrogen) atoms. The van der Waals surface area contributed by atoms with Crippen LogP contribution < -0.4 is 14.2 Å². The lowest BCUT2D eigenvalue weighted by Crippen LogP contribution is -2.23. The van der Waals surface area contributed by atoms with Crippen molar-refractivity contribution in [3.8, 4) is 17.6 Å². The second-order valence-electron chi connectivity index (χ2n) is 6.99. The van der Waals surface area contributed by atoms with Crippen LogP contribution in [0.1, 0.15) is 22.8 Å². The number of methoxy groups -OCH3 is 1. The van der Waals surface area contributed by atoms with Crippen LogP contribution >= 0.6 is 0 Å². The quantitative estimate of drug-likeness (QED) is 0.472. The Morgan fingerprint density at radius 1 is 1.12 bits per heavy atom. The molecule has 8 nitrogen and oxygen atoms in total. The van der Waals surface area contributed by atoms with Crippen LogP contribution in [0.2, 0.25) is 0 Å². The Bertz CT molecular complexity index is 1350. The van der Waals surface area contributed by atoms with Crippen molar-refractivity contribution in [1.29, 1.82) is 5.26 Å². The summed E-state index contributed by atoms with van der Waals surface area (Å²) in [5.74, 6) is -2.95. The molecular formula is C23H18F2N2O6S. The van der Waals surface area contributed by atoms with Crippen molar-refractivity contribution >= 4 is 16.0 Å². The van der Waals surface area contributed by atoms with Gasteiger partial charge < -0.3 is 14.6 Å². The van der Waals surface area contributed by atoms with Gasteiger partial charge in [-0.05, 0) is 54.1 Å². The highest BCUT2D eigenvalue weighted by Crippen LogP contribution is 2.25. The highest BCUT2D eigenvalue weighted by atomic mass is 32.2. The summed E-state index contributed by atoms with van der Waals surface area (Å²) >= 11 is 0. The second kappa shape index (κ2) is 10.3. The molecule has 0 amide bonds. The first-order valence-corrected chi connectivity index (χ1v) is 11.1. The zero-order valence-corrected chi connectivity index (χ0v) is 18.5. The van der Waals surface area contributed by atoms with Crippen LogP contribution in [-0.4, -0.2) is 26.6 Å². The van der Waals surface area contributed by atoms with Crippen LogP contribution in [-0.2, 0) is 21.4 Å². The van der Waals surface area contributed by atoms with Gasteiger partial charge in [-0.2, -0.15) is 5.26 Å². The number of carboxylic acid groups (broad SMARTS) is 1. The van der Waals surface area contributed by atoms with Crippen LogP contribution in [0.5, 0.6) is 11.5 Å². The first-order valence-electron chi connectivity index (χ1n) is 9.65. The van der Waals surface area contributed by atoms with E-state index < -0.39 is 33.7 Å². The number of aliphatic carboxylic acids is 1. The molecule has 3 aromatic carbocycles. The number of nitrogens with zero attached hydrogens (tertiary/aromatic N) is 1. The fraction of sp³-hybridized carbons (Fsp3) is 0.130. The highest BCUT2D eigenvalue weighted by molar-refractivity contribution is 7.89. The van der Waals surface area contributed by atoms with Crippen LogP contribution in [0.3, 0.4) is 0 Å². The molecule has 0 aromatic heterocycles. The molecule has 1 atom stereocenters. The predicted octanol–water partition coefficient (Wildman–Crippen LogP) is 3.53. The fourth-order valence-corrected chi connectivity index (χ4v) is 4.02. The molecule has 3 rings (SSSR count). The summed E-state index contributed by atoms with van der Waals surface area (Å²) in [6.07, 6.45) is -1.57. The summed E-state index contributed by atoms with van der Waals surface area (Å²) in [5, 5.41) is 18.5. The topological polar surface area (TPSA) is 126 Å². The molecule has 0 heterocycles. The minimum Gasteiger partial charge on any atom is -0.494 e. The van der Waals surface area contributed by atoms with Crippen LogP contribution in [0.4, 0.5) is 8.78 Å². The lowest BCUT2D eigenvalue weighted by atomic mass is 10.1. The minimum atomic E-state index is -4.01. The molecular weight excluding hydrogens is 470 g/mol. The molecule has 176 valence electrons. The normalized spacial score (nSPS) is 11.9. The third-order valence-electron chi connectivity index (χ3n) is 4.65. The van der Waals surface area contributed by atoms with E-state index >= 15 is 0 Å². The SMILES string of the molecule is COc1ccc(S(=O)(=O)NCc2ccc(OC(C(=O)O)c3cc(F)cc(C#N)c3)cc2)cc1F. The maximum absolute atomic E-state index is 13.8. The average Bonchev–Trinajstić information content (AvgIpc) is 2.81. The maximum atomic E-state index is 13.8. The van der Waals surface area contributed by atoms with E-state index in [1.54, 1.807) is 6.07 Å². The van der Waals surface area contributed by atoms with Crippen LogP contribution in [0.15, 0.2) is 65.6 Å². The van der Waals surface area contributed by atoms with E-state index in [9.17, 15) is 27.1 Å². The smallest absolute Gasteiger partial charge is 0.349 e. The lowest BCUT2D eigenvalue weighted by Gasteiger charge is -2.16. The summed E-state index contributed by atoms with van der Waals surface area (Å²) in [6.45, 7) is -0.131. The fourth-order valence-electron chi connectivity index (χ4n) is 2.99. The molecule has 0 radical (unpaired) electrons. The summed E-state index contributed by atoms with van der Waals surface area (Å²) in [4.78, 5) is 11.4. The Morgan fingerprint density at radius 2 is 1.82 bits per heavy atom. The van der Waals surface area contributed by atoms with Crippen molar-refractivity contribution in [2.45, 2.75) is 17.5 Å². The average molecular weight is 488 g/mol. The number of hydrogen-bond donors (Lipinski definition) is 2. The van der Waals surface area contributed by atoms with E-state index in [4.69, 9.17) is 14.7 Å². The number of halogens is 2. The van der Waals surface area contributed by atoms with Crippen molar-refractivity contribution in [1.82, 2.24) is 4.72 Å². The first-order chi connectivity index (χ1) is 16.1. The number of nitrogens with one attached hydrogen (secondary N) is 1. The molecule has 0 spiro atoms. The van der Waals surface area contributed by atoms with Crippen molar-refractivity contribution in [2.24, 2.45) is 0 Å². The molecule has 0 saturated heterocycles. The predicted molar refractivity (Wildman–Crippen MR) is 116 cm³/mol. The van der Waals surface area contributed by atoms with Gasteiger partial charge in [0, 0.05) is 12.1 Å². The van der Waals surface area contributed by atoms with E-state index in [0.717, 1.165) is 18.2 Å². The number of sulfonamides is 1. The Hall–Kier alpha value is -4.01. The van der Waals surface area contributed by atoms with Gasteiger partial charge >= 0.3 is 5.97 Å². The van der Waals surface area contributed by atoms with E-state index in [-0.39, 0.29) is 34.1 Å². The zero-order chi connectivity index (χ0) is 24.9. The first kappa shape index (κ1) is 24.6. The zero-order valence-electron chi connectivity index (χ0n) is 17.7. The third kappa shape index (κ3) is 5.86. The summed E-state index contributed by atoms with van der Waals surface area (Å²) in [7, 11) is -2.75. The van der Waals surface area contributed by atoms with E-state index in [1.165, 1.54) is 49.6 Å².